The molecule has 0 saturated carbocycles. The number of esters is 1. The molecule has 0 bridgehead atoms. The molecule has 0 saturated heterocycles. The minimum absolute atomic E-state index is 0.0418. The first kappa shape index (κ1) is 15.4. The van der Waals surface area contributed by atoms with Gasteiger partial charge in [-0.15, -0.1) is 0 Å². The second-order valence-corrected chi connectivity index (χ2v) is 4.07. The average Bonchev–Trinajstić information content (AvgIpc) is 2.46. The largest absolute Gasteiger partial charge is 0.466 e. The number of aliphatic hydroxyl groups excluding tert-OH is 3. The van der Waals surface area contributed by atoms with E-state index in [-0.39, 0.29) is 6.42 Å². The van der Waals surface area contributed by atoms with E-state index in [1.54, 1.807) is 30.3 Å². The van der Waals surface area contributed by atoms with Gasteiger partial charge in [-0.2, -0.15) is 0 Å². The molecule has 0 aliphatic carbocycles. The van der Waals surface area contributed by atoms with E-state index in [1.807, 2.05) is 0 Å². The molecule has 5 heteroatoms. The van der Waals surface area contributed by atoms with E-state index in [0.717, 1.165) is 6.08 Å². The van der Waals surface area contributed by atoms with Gasteiger partial charge in [0, 0.05) is 6.08 Å². The second-order valence-electron chi connectivity index (χ2n) is 4.07. The standard InChI is InChI=1S/C14H18O5/c1-19-12(16)9-5-8-11(15)14(18)13(17)10-6-3-2-4-7-10/h2-7,9,11,13-15,17-18H,8H2,1H3/b9-5-/t11-,13-,14-/m1/s1. The summed E-state index contributed by atoms with van der Waals surface area (Å²) >= 11 is 0. The lowest BCUT2D eigenvalue weighted by atomic mass is 9.99. The van der Waals surface area contributed by atoms with Crippen LogP contribution in [0.2, 0.25) is 0 Å². The van der Waals surface area contributed by atoms with Crippen molar-refractivity contribution in [3.8, 4) is 0 Å². The number of carbonyl (C=O) groups is 1. The minimum atomic E-state index is -1.33. The quantitative estimate of drug-likeness (QED) is 0.517. The van der Waals surface area contributed by atoms with Crippen molar-refractivity contribution in [1.82, 2.24) is 0 Å². The fraction of sp³-hybridized carbons (Fsp3) is 0.357. The Hall–Kier alpha value is -1.69. The lowest BCUT2D eigenvalue weighted by molar-refractivity contribution is -0.134. The van der Waals surface area contributed by atoms with E-state index in [1.165, 1.54) is 13.2 Å². The average molecular weight is 266 g/mol. The SMILES string of the molecule is COC(=O)/C=C\C[C@@H](O)[C@@H](O)[C@H](O)c1ccccc1. The highest BCUT2D eigenvalue weighted by atomic mass is 16.5. The van der Waals surface area contributed by atoms with Gasteiger partial charge in [0.25, 0.3) is 0 Å². The molecule has 3 atom stereocenters. The first-order valence-electron chi connectivity index (χ1n) is 5.90. The summed E-state index contributed by atoms with van der Waals surface area (Å²) in [6.45, 7) is 0. The third-order valence-electron chi connectivity index (χ3n) is 2.69. The van der Waals surface area contributed by atoms with E-state index < -0.39 is 24.3 Å². The molecule has 104 valence electrons. The van der Waals surface area contributed by atoms with Crippen molar-refractivity contribution in [3.63, 3.8) is 0 Å². The van der Waals surface area contributed by atoms with Gasteiger partial charge in [-0.25, -0.2) is 4.79 Å². The van der Waals surface area contributed by atoms with Gasteiger partial charge in [-0.3, -0.25) is 0 Å². The third kappa shape index (κ3) is 4.82. The summed E-state index contributed by atoms with van der Waals surface area (Å²) in [5.74, 6) is -0.537. The number of rotatable bonds is 6. The molecular formula is C14H18O5. The molecule has 0 aliphatic rings. The Morgan fingerprint density at radius 3 is 2.47 bits per heavy atom. The highest BCUT2D eigenvalue weighted by Crippen LogP contribution is 2.20. The smallest absolute Gasteiger partial charge is 0.330 e. The number of carbonyl (C=O) groups excluding carboxylic acids is 1. The summed E-state index contributed by atoms with van der Waals surface area (Å²) in [5.41, 5.74) is 0.519. The minimum Gasteiger partial charge on any atom is -0.466 e. The predicted octanol–water partition coefficient (Wildman–Crippen LogP) is 0.561. The maximum atomic E-state index is 10.8. The van der Waals surface area contributed by atoms with Crippen LogP contribution in [0.25, 0.3) is 0 Å². The van der Waals surface area contributed by atoms with Crippen LogP contribution in [-0.2, 0) is 9.53 Å². The molecule has 5 nitrogen and oxygen atoms in total. The molecule has 0 unspecified atom stereocenters. The van der Waals surface area contributed by atoms with Crippen LogP contribution in [0.3, 0.4) is 0 Å². The number of ether oxygens (including phenoxy) is 1. The second kappa shape index (κ2) is 7.68. The van der Waals surface area contributed by atoms with E-state index in [9.17, 15) is 20.1 Å². The molecule has 1 aromatic rings. The fourth-order valence-electron chi connectivity index (χ4n) is 1.57. The number of methoxy groups -OCH3 is 1. The van der Waals surface area contributed by atoms with Crippen molar-refractivity contribution >= 4 is 5.97 Å². The van der Waals surface area contributed by atoms with Crippen molar-refractivity contribution in [2.75, 3.05) is 7.11 Å². The van der Waals surface area contributed by atoms with Gasteiger partial charge in [0.2, 0.25) is 0 Å². The van der Waals surface area contributed by atoms with E-state index >= 15 is 0 Å². The highest BCUT2D eigenvalue weighted by molar-refractivity contribution is 5.81. The fourth-order valence-corrected chi connectivity index (χ4v) is 1.57. The van der Waals surface area contributed by atoms with Gasteiger partial charge >= 0.3 is 5.97 Å². The summed E-state index contributed by atoms with van der Waals surface area (Å²) in [7, 11) is 1.25. The first-order valence-corrected chi connectivity index (χ1v) is 5.90. The maximum Gasteiger partial charge on any atom is 0.330 e. The summed E-state index contributed by atoms with van der Waals surface area (Å²) in [6.07, 6.45) is -1.09. The van der Waals surface area contributed by atoms with Crippen molar-refractivity contribution in [1.29, 1.82) is 0 Å². The Morgan fingerprint density at radius 2 is 1.89 bits per heavy atom. The topological polar surface area (TPSA) is 87.0 Å². The molecule has 0 aromatic heterocycles. The Kier molecular flexibility index (Phi) is 6.21. The zero-order valence-electron chi connectivity index (χ0n) is 10.6. The molecule has 0 spiro atoms. The van der Waals surface area contributed by atoms with Crippen LogP contribution in [0.4, 0.5) is 0 Å². The zero-order valence-corrected chi connectivity index (χ0v) is 10.6. The maximum absolute atomic E-state index is 10.8. The van der Waals surface area contributed by atoms with Crippen LogP contribution in [0.5, 0.6) is 0 Å². The molecule has 1 aromatic carbocycles. The van der Waals surface area contributed by atoms with Gasteiger partial charge in [0.15, 0.2) is 0 Å². The molecular weight excluding hydrogens is 248 g/mol. The van der Waals surface area contributed by atoms with Crippen LogP contribution in [0.1, 0.15) is 18.1 Å². The van der Waals surface area contributed by atoms with Crippen LogP contribution in [-0.4, -0.2) is 40.6 Å². The molecule has 0 fully saturated rings. The summed E-state index contributed by atoms with van der Waals surface area (Å²) in [6, 6.07) is 8.57. The third-order valence-corrected chi connectivity index (χ3v) is 2.69. The van der Waals surface area contributed by atoms with Gasteiger partial charge in [0.1, 0.15) is 12.2 Å². The number of hydrogen-bond acceptors (Lipinski definition) is 5. The van der Waals surface area contributed by atoms with E-state index in [4.69, 9.17) is 0 Å². The number of aliphatic hydroxyl groups is 3. The van der Waals surface area contributed by atoms with Crippen molar-refractivity contribution in [3.05, 3.63) is 48.0 Å². The lowest BCUT2D eigenvalue weighted by Gasteiger charge is -2.22. The highest BCUT2D eigenvalue weighted by Gasteiger charge is 2.24. The Labute approximate surface area is 111 Å². The summed E-state index contributed by atoms with van der Waals surface area (Å²) in [5, 5.41) is 29.4. The van der Waals surface area contributed by atoms with Crippen LogP contribution >= 0.6 is 0 Å². The van der Waals surface area contributed by atoms with Crippen molar-refractivity contribution in [2.24, 2.45) is 0 Å². The molecule has 3 N–H and O–H groups in total. The van der Waals surface area contributed by atoms with Crippen LogP contribution < -0.4 is 0 Å². The molecule has 0 heterocycles. The first-order chi connectivity index (χ1) is 9.06. The summed E-state index contributed by atoms with van der Waals surface area (Å²) in [4.78, 5) is 10.8. The Morgan fingerprint density at radius 1 is 1.26 bits per heavy atom. The zero-order chi connectivity index (χ0) is 14.3. The Bertz CT molecular complexity index is 415. The number of benzene rings is 1. The predicted molar refractivity (Wildman–Crippen MR) is 69.2 cm³/mol. The van der Waals surface area contributed by atoms with Gasteiger partial charge < -0.3 is 20.1 Å². The molecule has 0 amide bonds. The van der Waals surface area contributed by atoms with Crippen molar-refractivity contribution < 1.29 is 24.9 Å². The molecule has 1 rings (SSSR count). The normalized spacial score (nSPS) is 16.0. The monoisotopic (exact) mass is 266 g/mol. The van der Waals surface area contributed by atoms with Gasteiger partial charge in [-0.05, 0) is 12.0 Å². The molecule has 0 radical (unpaired) electrons. The summed E-state index contributed by atoms with van der Waals surface area (Å²) < 4.78 is 4.39. The number of hydrogen-bond donors (Lipinski definition) is 3. The van der Waals surface area contributed by atoms with Crippen LogP contribution in [0.15, 0.2) is 42.5 Å². The Balaban J connectivity index is 2.55. The molecule has 0 aliphatic heterocycles. The molecule has 19 heavy (non-hydrogen) atoms. The van der Waals surface area contributed by atoms with Crippen LogP contribution in [0, 0.1) is 0 Å². The van der Waals surface area contributed by atoms with Gasteiger partial charge in [-0.1, -0.05) is 36.4 Å². The lowest BCUT2D eigenvalue weighted by Crippen LogP contribution is -2.31. The van der Waals surface area contributed by atoms with E-state index in [2.05, 4.69) is 4.74 Å². The van der Waals surface area contributed by atoms with Crippen molar-refractivity contribution in [2.45, 2.75) is 24.7 Å². The van der Waals surface area contributed by atoms with E-state index in [0.29, 0.717) is 5.56 Å². The van der Waals surface area contributed by atoms with Gasteiger partial charge in [0.05, 0.1) is 13.2 Å².